The average molecular weight is 279 g/mol. The van der Waals surface area contributed by atoms with E-state index in [2.05, 4.69) is 10.6 Å². The van der Waals surface area contributed by atoms with E-state index in [9.17, 15) is 26.7 Å². The monoisotopic (exact) mass is 278 g/mol. The molecule has 0 aromatic heterocycles. The number of carbonyl (C=O) groups excluding carboxylic acids is 1. The Balaban J connectivity index is 0.00000256. The lowest BCUT2D eigenvalue weighted by Gasteiger charge is -2.07. The zero-order chi connectivity index (χ0) is 12.5. The van der Waals surface area contributed by atoms with E-state index in [4.69, 9.17) is 0 Å². The number of amides is 1. The van der Waals surface area contributed by atoms with Crippen molar-refractivity contribution in [3.05, 3.63) is 29.1 Å². The van der Waals surface area contributed by atoms with Gasteiger partial charge in [0, 0.05) is 0 Å². The molecule has 3 N–H and O–H groups in total. The molecule has 0 radical (unpaired) electrons. The van der Waals surface area contributed by atoms with Crippen molar-refractivity contribution in [3.63, 3.8) is 0 Å². The summed E-state index contributed by atoms with van der Waals surface area (Å²) < 4.78 is 67.0. The van der Waals surface area contributed by atoms with Crippen LogP contribution in [0.5, 0.6) is 5.75 Å². The minimum Gasteiger partial charge on any atom is -0.403 e. The number of halogens is 6. The molecule has 0 aliphatic rings. The van der Waals surface area contributed by atoms with Crippen LogP contribution in [0.4, 0.5) is 26.7 Å². The third-order valence-electron chi connectivity index (χ3n) is 1.48. The summed E-state index contributed by atoms with van der Waals surface area (Å²) in [4.78, 5) is 10.5. The van der Waals surface area contributed by atoms with E-state index in [-0.39, 0.29) is 12.4 Å². The first-order chi connectivity index (χ1) is 7.40. The number of hydrogen-bond donors (Lipinski definition) is 2. The predicted octanol–water partition coefficient (Wildman–Crippen LogP) is 1.77. The Morgan fingerprint density at radius 1 is 0.941 bits per heavy atom. The minimum atomic E-state index is -2.35. The molecule has 0 spiro atoms. The summed E-state index contributed by atoms with van der Waals surface area (Å²) in [6.07, 6.45) is -1.58. The third kappa shape index (κ3) is 2.74. The highest BCUT2D eigenvalue weighted by Crippen LogP contribution is 2.28. The van der Waals surface area contributed by atoms with Gasteiger partial charge in [-0.25, -0.2) is 23.8 Å². The van der Waals surface area contributed by atoms with Gasteiger partial charge in [0.15, 0.2) is 0 Å². The molecule has 1 aromatic rings. The van der Waals surface area contributed by atoms with Crippen molar-refractivity contribution < 1.29 is 31.5 Å². The quantitative estimate of drug-likeness (QED) is 0.205. The number of rotatable bonds is 1. The fraction of sp³-hybridized carbons (Fsp3) is 0. The van der Waals surface area contributed by atoms with Gasteiger partial charge in [-0.05, 0) is 0 Å². The summed E-state index contributed by atoms with van der Waals surface area (Å²) in [5.74, 6) is -8.55. The maximum absolute atomic E-state index is 12.8. The van der Waals surface area contributed by atoms with Crippen LogP contribution in [0.25, 0.3) is 0 Å². The molecule has 0 saturated carbocycles. The molecule has 96 valence electrons. The fourth-order valence-electron chi connectivity index (χ4n) is 0.797. The number of ether oxygens (including phenoxy) is 1. The first-order valence-corrected chi connectivity index (χ1v) is 3.60. The van der Waals surface area contributed by atoms with E-state index in [1.807, 2.05) is 0 Å². The van der Waals surface area contributed by atoms with E-state index in [0.29, 0.717) is 0 Å². The van der Waals surface area contributed by atoms with Crippen LogP contribution in [0.3, 0.4) is 0 Å². The van der Waals surface area contributed by atoms with E-state index >= 15 is 0 Å². The molecule has 0 atom stereocenters. The minimum absolute atomic E-state index is 0. The Morgan fingerprint density at radius 2 is 1.29 bits per heavy atom. The van der Waals surface area contributed by atoms with E-state index in [0.717, 1.165) is 0 Å². The molecule has 4 nitrogen and oxygen atoms in total. The Morgan fingerprint density at radius 3 is 1.65 bits per heavy atom. The fourth-order valence-corrected chi connectivity index (χ4v) is 0.797. The van der Waals surface area contributed by atoms with Gasteiger partial charge in [-0.15, -0.1) is 12.4 Å². The molecule has 10 heteroatoms. The molecule has 0 saturated heterocycles. The molecular weight excluding hydrogens is 275 g/mol. The van der Waals surface area contributed by atoms with Crippen LogP contribution in [0, 0.1) is 29.1 Å². The normalized spacial score (nSPS) is 9.53. The Hall–Kier alpha value is -1.61. The van der Waals surface area contributed by atoms with Gasteiger partial charge >= 0.3 is 6.09 Å². The second kappa shape index (κ2) is 5.64. The van der Waals surface area contributed by atoms with Crippen LogP contribution in [-0.4, -0.2) is 6.09 Å². The number of carbonyl (C=O) groups is 1. The molecule has 1 aromatic carbocycles. The number of benzene rings is 1. The third-order valence-corrected chi connectivity index (χ3v) is 1.48. The second-order valence-corrected chi connectivity index (χ2v) is 2.43. The highest BCUT2D eigenvalue weighted by Gasteiger charge is 2.28. The Bertz CT molecular complexity index is 427. The van der Waals surface area contributed by atoms with E-state index < -0.39 is 40.9 Å². The molecule has 0 heterocycles. The first kappa shape index (κ1) is 15.4. The molecule has 0 aliphatic heterocycles. The maximum Gasteiger partial charge on any atom is 0.427 e. The zero-order valence-electron chi connectivity index (χ0n) is 7.69. The van der Waals surface area contributed by atoms with Crippen LogP contribution >= 0.6 is 12.4 Å². The molecular formula is C7H4ClF5N2O2. The molecule has 1 rings (SSSR count). The summed E-state index contributed by atoms with van der Waals surface area (Å²) in [6, 6.07) is 0. The largest absolute Gasteiger partial charge is 0.427 e. The number of hydrogen-bond acceptors (Lipinski definition) is 3. The van der Waals surface area contributed by atoms with Crippen molar-refractivity contribution in [1.82, 2.24) is 5.43 Å². The molecule has 0 fully saturated rings. The summed E-state index contributed by atoms with van der Waals surface area (Å²) >= 11 is 0. The zero-order valence-corrected chi connectivity index (χ0v) is 8.51. The lowest BCUT2D eigenvalue weighted by atomic mass is 10.3. The van der Waals surface area contributed by atoms with Crippen LogP contribution in [0.2, 0.25) is 0 Å². The van der Waals surface area contributed by atoms with Gasteiger partial charge in [0.05, 0.1) is 0 Å². The van der Waals surface area contributed by atoms with Crippen molar-refractivity contribution in [2.24, 2.45) is 5.84 Å². The summed E-state index contributed by atoms with van der Waals surface area (Å²) in [5.41, 5.74) is 1.29. The van der Waals surface area contributed by atoms with Crippen molar-refractivity contribution >= 4 is 18.5 Å². The first-order valence-electron chi connectivity index (χ1n) is 3.60. The Kier molecular flexibility index (Phi) is 5.10. The predicted molar refractivity (Wildman–Crippen MR) is 46.8 cm³/mol. The van der Waals surface area contributed by atoms with Crippen molar-refractivity contribution in [1.29, 1.82) is 0 Å². The van der Waals surface area contributed by atoms with Crippen LogP contribution in [-0.2, 0) is 0 Å². The molecule has 0 bridgehead atoms. The van der Waals surface area contributed by atoms with Crippen LogP contribution in [0.15, 0.2) is 0 Å². The molecule has 0 unspecified atom stereocenters. The highest BCUT2D eigenvalue weighted by atomic mass is 35.5. The second-order valence-electron chi connectivity index (χ2n) is 2.43. The van der Waals surface area contributed by atoms with Crippen molar-refractivity contribution in [3.8, 4) is 5.75 Å². The summed E-state index contributed by atoms with van der Waals surface area (Å²) in [6.45, 7) is 0. The van der Waals surface area contributed by atoms with Crippen LogP contribution in [0.1, 0.15) is 0 Å². The molecule has 17 heavy (non-hydrogen) atoms. The van der Waals surface area contributed by atoms with Gasteiger partial charge in [-0.1, -0.05) is 0 Å². The van der Waals surface area contributed by atoms with E-state index in [1.165, 1.54) is 5.43 Å². The number of hydrazine groups is 1. The lowest BCUT2D eigenvalue weighted by molar-refractivity contribution is 0.193. The van der Waals surface area contributed by atoms with Gasteiger partial charge in [0.25, 0.3) is 0 Å². The number of nitrogens with two attached hydrogens (primary N) is 1. The van der Waals surface area contributed by atoms with Gasteiger partial charge in [-0.2, -0.15) is 8.78 Å². The standard InChI is InChI=1S/C7H3F5N2O2.ClH/c8-1-2(9)4(11)6(5(12)3(1)10)16-7(15)14-13;/h13H2,(H,14,15);1H. The van der Waals surface area contributed by atoms with Crippen molar-refractivity contribution in [2.75, 3.05) is 0 Å². The van der Waals surface area contributed by atoms with E-state index in [1.54, 1.807) is 0 Å². The van der Waals surface area contributed by atoms with Gasteiger partial charge < -0.3 is 4.74 Å². The summed E-state index contributed by atoms with van der Waals surface area (Å²) in [7, 11) is 0. The topological polar surface area (TPSA) is 64.3 Å². The van der Waals surface area contributed by atoms with Crippen molar-refractivity contribution in [2.45, 2.75) is 0 Å². The van der Waals surface area contributed by atoms with Gasteiger partial charge in [-0.3, -0.25) is 5.43 Å². The maximum atomic E-state index is 12.8. The average Bonchev–Trinajstić information content (AvgIpc) is 2.29. The smallest absolute Gasteiger partial charge is 0.403 e. The highest BCUT2D eigenvalue weighted by molar-refractivity contribution is 5.85. The number of nitrogens with one attached hydrogen (secondary N) is 1. The summed E-state index contributed by atoms with van der Waals surface area (Å²) in [5, 5.41) is 0. The SMILES string of the molecule is Cl.NNC(=O)Oc1c(F)c(F)c(F)c(F)c1F. The molecule has 0 aliphatic carbocycles. The molecule has 1 amide bonds. The van der Waals surface area contributed by atoms with Gasteiger partial charge in [0.2, 0.25) is 34.8 Å². The van der Waals surface area contributed by atoms with Crippen LogP contribution < -0.4 is 16.0 Å². The lowest BCUT2D eigenvalue weighted by Crippen LogP contribution is -2.33. The Labute approximate surface area is 96.9 Å². The van der Waals surface area contributed by atoms with Gasteiger partial charge in [0.1, 0.15) is 0 Å².